The van der Waals surface area contributed by atoms with E-state index in [4.69, 9.17) is 4.74 Å². The molecule has 1 heterocycles. The number of likely N-dealkylation sites (N-methyl/N-ethyl adjacent to an activating group) is 1. The van der Waals surface area contributed by atoms with Crippen molar-refractivity contribution in [3.05, 3.63) is 65.9 Å². The smallest absolute Gasteiger partial charge is 0.322 e. The molecule has 8 nitrogen and oxygen atoms in total. The van der Waals surface area contributed by atoms with Gasteiger partial charge in [-0.1, -0.05) is 20.8 Å². The fourth-order valence-corrected chi connectivity index (χ4v) is 3.22. The number of carbonyl (C=O) groups is 2. The lowest BCUT2D eigenvalue weighted by atomic mass is 9.92. The third-order valence-corrected chi connectivity index (χ3v) is 5.24. The first-order valence-electron chi connectivity index (χ1n) is 11.1. The van der Waals surface area contributed by atoms with Crippen molar-refractivity contribution < 1.29 is 23.1 Å². The highest BCUT2D eigenvalue weighted by Crippen LogP contribution is 2.27. The van der Waals surface area contributed by atoms with E-state index in [9.17, 15) is 18.4 Å². The summed E-state index contributed by atoms with van der Waals surface area (Å²) < 4.78 is 33.9. The monoisotopic (exact) mass is 485 g/mol. The van der Waals surface area contributed by atoms with Gasteiger partial charge in [-0.3, -0.25) is 4.79 Å². The number of hydrogen-bond donors (Lipinski definition) is 2. The van der Waals surface area contributed by atoms with E-state index in [0.717, 1.165) is 17.8 Å². The number of urea groups is 1. The van der Waals surface area contributed by atoms with Crippen LogP contribution in [-0.4, -0.2) is 46.8 Å². The summed E-state index contributed by atoms with van der Waals surface area (Å²) >= 11 is 0. The summed E-state index contributed by atoms with van der Waals surface area (Å²) in [6.07, 6.45) is 0. The molecule has 0 aliphatic carbocycles. The van der Waals surface area contributed by atoms with Crippen molar-refractivity contribution in [2.45, 2.75) is 33.1 Å². The third kappa shape index (κ3) is 6.34. The summed E-state index contributed by atoms with van der Waals surface area (Å²) in [5, 5.41) is 9.85. The number of nitrogens with one attached hydrogen (secondary N) is 2. The van der Waals surface area contributed by atoms with E-state index in [1.165, 1.54) is 4.90 Å². The predicted molar refractivity (Wildman–Crippen MR) is 130 cm³/mol. The molecule has 0 aliphatic rings. The topological polar surface area (TPSA) is 88.5 Å². The molecule has 0 fully saturated rings. The molecule has 3 aromatic rings. The van der Waals surface area contributed by atoms with Crippen molar-refractivity contribution in [1.29, 1.82) is 0 Å². The Labute approximate surface area is 202 Å². The van der Waals surface area contributed by atoms with E-state index in [1.807, 2.05) is 32.9 Å². The first-order chi connectivity index (χ1) is 16.5. The Hall–Kier alpha value is -3.95. The molecule has 3 amide bonds. The lowest BCUT2D eigenvalue weighted by Crippen LogP contribution is -2.40. The van der Waals surface area contributed by atoms with Crippen molar-refractivity contribution >= 4 is 23.4 Å². The molecule has 0 radical (unpaired) electrons. The summed E-state index contributed by atoms with van der Waals surface area (Å²) in [6.45, 7) is 7.62. The van der Waals surface area contributed by atoms with Gasteiger partial charge >= 0.3 is 6.03 Å². The number of aromatic nitrogens is 2. The van der Waals surface area contributed by atoms with Crippen molar-refractivity contribution in [1.82, 2.24) is 14.7 Å². The van der Waals surface area contributed by atoms with Gasteiger partial charge in [-0.15, -0.1) is 0 Å². The number of benzene rings is 2. The highest BCUT2D eigenvalue weighted by molar-refractivity contribution is 5.96. The van der Waals surface area contributed by atoms with Crippen LogP contribution in [0.5, 0.6) is 5.75 Å². The lowest BCUT2D eigenvalue weighted by molar-refractivity contribution is -0.116. The number of amides is 3. The molecular weight excluding hydrogens is 456 g/mol. The number of methoxy groups -OCH3 is 1. The molecule has 2 aromatic carbocycles. The molecule has 0 bridgehead atoms. The van der Waals surface area contributed by atoms with E-state index in [-0.39, 0.29) is 24.2 Å². The minimum Gasteiger partial charge on any atom is -0.497 e. The Morgan fingerprint density at radius 1 is 1.06 bits per heavy atom. The minimum absolute atomic E-state index is 0.178. The quantitative estimate of drug-likeness (QED) is 0.496. The number of hydrogen-bond acceptors (Lipinski definition) is 4. The lowest BCUT2D eigenvalue weighted by Gasteiger charge is -2.21. The molecular formula is C25H29F2N5O3. The summed E-state index contributed by atoms with van der Waals surface area (Å²) in [7, 11) is 1.58. The van der Waals surface area contributed by atoms with Crippen molar-refractivity contribution in [3.8, 4) is 11.4 Å². The predicted octanol–water partition coefficient (Wildman–Crippen LogP) is 4.95. The first-order valence-corrected chi connectivity index (χ1v) is 11.1. The van der Waals surface area contributed by atoms with Gasteiger partial charge in [-0.25, -0.2) is 18.3 Å². The van der Waals surface area contributed by atoms with Gasteiger partial charge < -0.3 is 20.3 Å². The van der Waals surface area contributed by atoms with E-state index >= 15 is 0 Å². The Morgan fingerprint density at radius 3 is 2.31 bits per heavy atom. The van der Waals surface area contributed by atoms with Crippen LogP contribution in [0, 0.1) is 11.6 Å². The molecule has 2 N–H and O–H groups in total. The van der Waals surface area contributed by atoms with E-state index in [0.29, 0.717) is 23.3 Å². The maximum Gasteiger partial charge on any atom is 0.322 e. The molecule has 0 saturated heterocycles. The zero-order valence-corrected chi connectivity index (χ0v) is 20.4. The molecule has 3 rings (SSSR count). The molecule has 10 heteroatoms. The zero-order chi connectivity index (χ0) is 25.8. The van der Waals surface area contributed by atoms with Gasteiger partial charge in [0.05, 0.1) is 24.2 Å². The maximum atomic E-state index is 13.9. The number of carbonyl (C=O) groups excluding carboxylic acids is 2. The molecule has 0 aliphatic heterocycles. The standard InChI is InChI=1S/C25H29F2N5O3/c1-6-31(24(34)28-20-12-7-16(26)13-19(20)27)15-23(33)29-22-14-21(25(2,3)4)30-32(22)17-8-10-18(35-5)11-9-17/h7-14H,6,15H2,1-5H3,(H,28,34)(H,29,33). The van der Waals surface area contributed by atoms with Gasteiger partial charge in [0.25, 0.3) is 0 Å². The third-order valence-electron chi connectivity index (χ3n) is 5.24. The molecule has 0 atom stereocenters. The second kappa shape index (κ2) is 10.5. The van der Waals surface area contributed by atoms with Crippen LogP contribution in [0.3, 0.4) is 0 Å². The Morgan fingerprint density at radius 2 is 1.74 bits per heavy atom. The maximum absolute atomic E-state index is 13.9. The molecule has 186 valence electrons. The van der Waals surface area contributed by atoms with Crippen LogP contribution in [0.25, 0.3) is 5.69 Å². The van der Waals surface area contributed by atoms with Gasteiger partial charge in [0.15, 0.2) is 0 Å². The normalized spacial score (nSPS) is 11.2. The summed E-state index contributed by atoms with van der Waals surface area (Å²) in [6, 6.07) is 11.1. The van der Waals surface area contributed by atoms with Crippen LogP contribution < -0.4 is 15.4 Å². The van der Waals surface area contributed by atoms with Crippen molar-refractivity contribution in [2.75, 3.05) is 30.8 Å². The molecule has 0 unspecified atom stereocenters. The number of ether oxygens (including phenoxy) is 1. The average Bonchev–Trinajstić information content (AvgIpc) is 3.23. The zero-order valence-electron chi connectivity index (χ0n) is 20.4. The number of anilines is 2. The number of rotatable bonds is 7. The van der Waals surface area contributed by atoms with Crippen LogP contribution in [-0.2, 0) is 10.2 Å². The second-order valence-corrected chi connectivity index (χ2v) is 8.89. The van der Waals surface area contributed by atoms with Gasteiger partial charge in [0, 0.05) is 24.1 Å². The van der Waals surface area contributed by atoms with Gasteiger partial charge in [0.2, 0.25) is 5.91 Å². The van der Waals surface area contributed by atoms with Gasteiger partial charge in [-0.2, -0.15) is 5.10 Å². The molecule has 0 spiro atoms. The highest BCUT2D eigenvalue weighted by atomic mass is 19.1. The van der Waals surface area contributed by atoms with Gasteiger partial charge in [0.1, 0.15) is 29.7 Å². The van der Waals surface area contributed by atoms with Crippen LogP contribution in [0.15, 0.2) is 48.5 Å². The SMILES string of the molecule is CCN(CC(=O)Nc1cc(C(C)(C)C)nn1-c1ccc(OC)cc1)C(=O)Nc1ccc(F)cc1F. The molecule has 35 heavy (non-hydrogen) atoms. The van der Waals surface area contributed by atoms with Crippen molar-refractivity contribution in [3.63, 3.8) is 0 Å². The fourth-order valence-electron chi connectivity index (χ4n) is 3.22. The summed E-state index contributed by atoms with van der Waals surface area (Å²) in [5.41, 5.74) is 1.03. The molecule has 0 saturated carbocycles. The van der Waals surface area contributed by atoms with E-state index < -0.39 is 23.6 Å². The van der Waals surface area contributed by atoms with Crippen LogP contribution in [0.2, 0.25) is 0 Å². The van der Waals surface area contributed by atoms with E-state index in [2.05, 4.69) is 15.7 Å². The minimum atomic E-state index is -0.906. The van der Waals surface area contributed by atoms with Crippen LogP contribution >= 0.6 is 0 Å². The Bertz CT molecular complexity index is 1200. The summed E-state index contributed by atoms with van der Waals surface area (Å²) in [4.78, 5) is 26.7. The second-order valence-electron chi connectivity index (χ2n) is 8.89. The molecule has 1 aromatic heterocycles. The highest BCUT2D eigenvalue weighted by Gasteiger charge is 2.23. The largest absolute Gasteiger partial charge is 0.497 e. The summed E-state index contributed by atoms with van der Waals surface area (Å²) in [5.74, 6) is -1.00. The van der Waals surface area contributed by atoms with E-state index in [1.54, 1.807) is 36.9 Å². The Kier molecular flexibility index (Phi) is 7.73. The Balaban J connectivity index is 1.78. The number of nitrogens with zero attached hydrogens (tertiary/aromatic N) is 3. The average molecular weight is 486 g/mol. The van der Waals surface area contributed by atoms with Crippen molar-refractivity contribution in [2.24, 2.45) is 0 Å². The van der Waals surface area contributed by atoms with Crippen LogP contribution in [0.4, 0.5) is 25.1 Å². The number of halogens is 2. The fraction of sp³-hybridized carbons (Fsp3) is 0.320. The van der Waals surface area contributed by atoms with Crippen LogP contribution in [0.1, 0.15) is 33.4 Å². The first kappa shape index (κ1) is 25.7. The van der Waals surface area contributed by atoms with Gasteiger partial charge in [-0.05, 0) is 43.3 Å².